The number of imide groups is 1. The lowest BCUT2D eigenvalue weighted by atomic mass is 9.89. The van der Waals surface area contributed by atoms with Gasteiger partial charge in [0.1, 0.15) is 24.7 Å². The third kappa shape index (κ3) is 26.7. The Hall–Kier alpha value is -6.18. The number of ketones is 3. The van der Waals surface area contributed by atoms with E-state index in [0.29, 0.717) is 77.4 Å². The first-order chi connectivity index (χ1) is 35.2. The molecule has 8 N–H and O–H groups in total. The van der Waals surface area contributed by atoms with Crippen LogP contribution in [0.5, 0.6) is 5.75 Å². The van der Waals surface area contributed by atoms with Gasteiger partial charge in [0.05, 0.1) is 43.6 Å². The van der Waals surface area contributed by atoms with Crippen molar-refractivity contribution in [2.75, 3.05) is 84.0 Å². The van der Waals surface area contributed by atoms with Gasteiger partial charge in [0.2, 0.25) is 29.5 Å². The molecular weight excluding hydrogens is 991 g/mol. The van der Waals surface area contributed by atoms with Crippen LogP contribution in [0.4, 0.5) is 15.3 Å². The van der Waals surface area contributed by atoms with E-state index in [1.807, 2.05) is 0 Å². The Morgan fingerprint density at radius 1 is 0.838 bits per heavy atom. The summed E-state index contributed by atoms with van der Waals surface area (Å²) in [5.74, 6) is -5.92. The van der Waals surface area contributed by atoms with Crippen LogP contribution < -0.4 is 37.1 Å². The number of hydrogen-bond acceptors (Lipinski definition) is 17. The van der Waals surface area contributed by atoms with E-state index in [0.717, 1.165) is 16.7 Å². The van der Waals surface area contributed by atoms with Crippen molar-refractivity contribution < 1.29 is 81.5 Å². The van der Waals surface area contributed by atoms with Crippen LogP contribution in [-0.2, 0) is 68.7 Å². The van der Waals surface area contributed by atoms with Gasteiger partial charge in [0, 0.05) is 108 Å². The van der Waals surface area contributed by atoms with Crippen LogP contribution >= 0.6 is 11.8 Å². The Bertz CT molecular complexity index is 2060. The van der Waals surface area contributed by atoms with E-state index >= 15 is 0 Å². The highest BCUT2D eigenvalue weighted by molar-refractivity contribution is 8.00. The standard InChI is InChI=1S/C49H75N7O17S/c1-31(2)44(54-33(4)58)39(60)25-34(10-8-15-53-48(50)67)45(63)55-37-13-12-35(28-73-49(68)51-5)40(26-37)72-29-38(59)11-6-7-18-69-20-22-71-23-21-70-19-9-16-52-42(61)14-17-56-43(62)27-41(46(56)64)74-30-36(47(65)66)24-32(3)57/h12-13,26,31,34,36,41,44H,6-11,14-25,27-30H2,1-5H3,(H,51,68)(H,52,61)(H,54,58)(H,55,63)(H,65,66)(H3,50,53,67)/t34-,36+,41?,44+/m1/s1. The Labute approximate surface area is 435 Å². The van der Waals surface area contributed by atoms with Crippen molar-refractivity contribution in [3.8, 4) is 5.75 Å². The Kier molecular flexibility index (Phi) is 31.0. The van der Waals surface area contributed by atoms with E-state index in [4.69, 9.17) is 29.4 Å². The molecule has 2 rings (SSSR count). The normalized spacial score (nSPS) is 14.4. The lowest BCUT2D eigenvalue weighted by molar-refractivity contribution is -0.143. The molecule has 1 aliphatic rings. The van der Waals surface area contributed by atoms with Crippen molar-refractivity contribution in [3.63, 3.8) is 0 Å². The number of amides is 8. The van der Waals surface area contributed by atoms with E-state index in [9.17, 15) is 57.8 Å². The second-order valence-corrected chi connectivity index (χ2v) is 19.0. The van der Waals surface area contributed by atoms with Crippen molar-refractivity contribution in [1.82, 2.24) is 26.2 Å². The predicted molar refractivity (Wildman–Crippen MR) is 270 cm³/mol. The molecule has 0 aliphatic carbocycles. The molecule has 0 saturated carbocycles. The molecule has 0 radical (unpaired) electrons. The van der Waals surface area contributed by atoms with Gasteiger partial charge in [-0.3, -0.25) is 43.3 Å². The van der Waals surface area contributed by atoms with E-state index < -0.39 is 58.9 Å². The molecule has 1 aromatic rings. The van der Waals surface area contributed by atoms with Gasteiger partial charge in [0.15, 0.2) is 11.6 Å². The number of primary amides is 1. The van der Waals surface area contributed by atoms with Crippen LogP contribution in [0.3, 0.4) is 0 Å². The smallest absolute Gasteiger partial charge is 0.407 e. The average molecular weight is 1070 g/mol. The molecule has 8 amide bonds. The number of hydrogen-bond donors (Lipinski definition) is 7. The Morgan fingerprint density at radius 3 is 2.12 bits per heavy atom. The number of carboxylic acids is 1. The molecule has 0 bridgehead atoms. The van der Waals surface area contributed by atoms with E-state index in [-0.39, 0.29) is 117 Å². The number of Topliss-reactive ketones (excluding diaryl/α,β-unsaturated/α-hetero) is 3. The van der Waals surface area contributed by atoms with E-state index in [1.54, 1.807) is 26.0 Å². The molecule has 0 spiro atoms. The zero-order valence-electron chi connectivity index (χ0n) is 43.1. The van der Waals surface area contributed by atoms with Crippen molar-refractivity contribution in [1.29, 1.82) is 0 Å². The summed E-state index contributed by atoms with van der Waals surface area (Å²) in [5, 5.41) is 21.6. The fraction of sp³-hybridized carbons (Fsp3) is 0.653. The predicted octanol–water partition coefficient (Wildman–Crippen LogP) is 2.27. The number of thioether (sulfide) groups is 1. The molecule has 4 atom stereocenters. The minimum absolute atomic E-state index is 0.0183. The Balaban J connectivity index is 1.68. The molecule has 74 heavy (non-hydrogen) atoms. The quantitative estimate of drug-likeness (QED) is 0.0366. The van der Waals surface area contributed by atoms with Gasteiger partial charge >= 0.3 is 18.1 Å². The lowest BCUT2D eigenvalue weighted by Gasteiger charge is -2.23. The zero-order chi connectivity index (χ0) is 55.0. The summed E-state index contributed by atoms with van der Waals surface area (Å²) in [6, 6.07) is 3.08. The third-order valence-electron chi connectivity index (χ3n) is 11.2. The number of aliphatic carboxylic acids is 1. The molecule has 0 aromatic heterocycles. The minimum atomic E-state index is -1.14. The summed E-state index contributed by atoms with van der Waals surface area (Å²) in [6.07, 6.45) is 1.17. The molecule has 1 heterocycles. The molecule has 414 valence electrons. The van der Waals surface area contributed by atoms with Gasteiger partial charge < -0.3 is 65.9 Å². The van der Waals surface area contributed by atoms with Crippen molar-refractivity contribution in [2.24, 2.45) is 23.5 Å². The molecule has 1 aromatic carbocycles. The molecule has 1 saturated heterocycles. The highest BCUT2D eigenvalue weighted by atomic mass is 32.2. The molecule has 24 nitrogen and oxygen atoms in total. The number of carbonyl (C=O) groups excluding carboxylic acids is 10. The lowest BCUT2D eigenvalue weighted by Crippen LogP contribution is -2.44. The number of nitrogens with one attached hydrogen (secondary N) is 5. The van der Waals surface area contributed by atoms with Crippen LogP contribution in [0.1, 0.15) is 97.5 Å². The maximum atomic E-state index is 13.6. The van der Waals surface area contributed by atoms with Crippen LogP contribution in [0.2, 0.25) is 0 Å². The second-order valence-electron chi connectivity index (χ2n) is 17.8. The summed E-state index contributed by atoms with van der Waals surface area (Å²) < 4.78 is 27.7. The maximum absolute atomic E-state index is 13.6. The molecule has 1 fully saturated rings. The number of ether oxygens (including phenoxy) is 5. The van der Waals surface area contributed by atoms with Gasteiger partial charge in [-0.05, 0) is 57.1 Å². The summed E-state index contributed by atoms with van der Waals surface area (Å²) >= 11 is 1.03. The summed E-state index contributed by atoms with van der Waals surface area (Å²) in [7, 11) is 1.40. The number of nitrogens with zero attached hydrogens (tertiary/aromatic N) is 1. The number of anilines is 1. The number of nitrogens with two attached hydrogens (primary N) is 1. The first-order valence-corrected chi connectivity index (χ1v) is 25.7. The van der Waals surface area contributed by atoms with E-state index in [1.165, 1.54) is 27.0 Å². The number of rotatable bonds is 40. The molecule has 1 unspecified atom stereocenters. The number of urea groups is 1. The highest BCUT2D eigenvalue weighted by Crippen LogP contribution is 2.29. The fourth-order valence-electron chi connectivity index (χ4n) is 7.26. The number of unbranched alkanes of at least 4 members (excludes halogenated alkanes) is 1. The number of carboxylic acid groups (broad SMARTS) is 1. The number of carbonyl (C=O) groups is 11. The molecule has 25 heteroatoms. The van der Waals surface area contributed by atoms with Crippen LogP contribution in [0.25, 0.3) is 0 Å². The average Bonchev–Trinajstić information content (AvgIpc) is 3.61. The van der Waals surface area contributed by atoms with Gasteiger partial charge in [0.25, 0.3) is 0 Å². The van der Waals surface area contributed by atoms with Crippen molar-refractivity contribution in [2.45, 2.75) is 110 Å². The second kappa shape index (κ2) is 35.9. The van der Waals surface area contributed by atoms with Crippen LogP contribution in [-0.4, -0.2) is 165 Å². The van der Waals surface area contributed by atoms with Gasteiger partial charge in [-0.15, -0.1) is 11.8 Å². The fourth-order valence-corrected chi connectivity index (χ4v) is 8.51. The highest BCUT2D eigenvalue weighted by Gasteiger charge is 2.39. The SMILES string of the molecule is CNC(=O)OCc1ccc(NC(=O)[C@H](CCCNC(N)=O)CC(=O)[C@@H](NC(C)=O)C(C)C)cc1OCC(=O)CCCCOCCOCCOCCCNC(=O)CCN1C(=O)CC(SC[C@H](CC(C)=O)C(=O)O)C1=O. The maximum Gasteiger partial charge on any atom is 0.407 e. The third-order valence-corrected chi connectivity index (χ3v) is 12.5. The number of benzene rings is 1. The van der Waals surface area contributed by atoms with E-state index in [2.05, 4.69) is 26.6 Å². The first-order valence-electron chi connectivity index (χ1n) is 24.7. The molecule has 1 aliphatic heterocycles. The Morgan fingerprint density at radius 2 is 1.50 bits per heavy atom. The topological polar surface area (TPSA) is 344 Å². The van der Waals surface area contributed by atoms with Crippen LogP contribution in [0.15, 0.2) is 18.2 Å². The van der Waals surface area contributed by atoms with Gasteiger partial charge in [-0.25, -0.2) is 9.59 Å². The summed E-state index contributed by atoms with van der Waals surface area (Å²) in [4.78, 5) is 136. The zero-order valence-corrected chi connectivity index (χ0v) is 43.9. The van der Waals surface area contributed by atoms with Gasteiger partial charge in [-0.1, -0.05) is 13.8 Å². The first kappa shape index (κ1) is 63.9. The number of likely N-dealkylation sites (tertiary alicyclic amines) is 1. The van der Waals surface area contributed by atoms with Gasteiger partial charge in [-0.2, -0.15) is 0 Å². The summed E-state index contributed by atoms with van der Waals surface area (Å²) in [5.41, 5.74) is 5.87. The van der Waals surface area contributed by atoms with Crippen LogP contribution in [0, 0.1) is 17.8 Å². The van der Waals surface area contributed by atoms with Crippen molar-refractivity contribution >= 4 is 82.4 Å². The largest absolute Gasteiger partial charge is 0.485 e. The number of alkyl carbamates (subject to hydrolysis) is 1. The molecular formula is C49H75N7O17S. The van der Waals surface area contributed by atoms with Crippen molar-refractivity contribution in [3.05, 3.63) is 23.8 Å². The monoisotopic (exact) mass is 1070 g/mol. The summed E-state index contributed by atoms with van der Waals surface area (Å²) in [6.45, 7) is 8.11. The minimum Gasteiger partial charge on any atom is -0.485 e.